The van der Waals surface area contributed by atoms with Crippen molar-refractivity contribution in [3.05, 3.63) is 5.82 Å². The van der Waals surface area contributed by atoms with Crippen LogP contribution in [0.3, 0.4) is 0 Å². The van der Waals surface area contributed by atoms with Crippen molar-refractivity contribution >= 4 is 5.95 Å². The fraction of sp³-hybridized carbons (Fsp3) is 0.833. The third kappa shape index (κ3) is 2.44. The zero-order valence-electron chi connectivity index (χ0n) is 10.4. The summed E-state index contributed by atoms with van der Waals surface area (Å²) in [5, 5.41) is 10.9. The molecule has 0 bridgehead atoms. The van der Waals surface area contributed by atoms with E-state index in [2.05, 4.69) is 32.3 Å². The topological polar surface area (TPSA) is 56.8 Å². The van der Waals surface area contributed by atoms with E-state index >= 15 is 0 Å². The van der Waals surface area contributed by atoms with Gasteiger partial charge >= 0.3 is 0 Å². The molecule has 2 aliphatic rings. The van der Waals surface area contributed by atoms with Gasteiger partial charge in [0.2, 0.25) is 5.95 Å². The first-order valence-corrected chi connectivity index (χ1v) is 6.71. The molecule has 1 unspecified atom stereocenters. The minimum absolute atomic E-state index is 0.525. The third-order valence-electron chi connectivity index (χ3n) is 3.88. The number of rotatable bonds is 3. The molecule has 1 saturated carbocycles. The number of H-pyrrole nitrogens is 1. The highest BCUT2D eigenvalue weighted by molar-refractivity contribution is 5.30. The van der Waals surface area contributed by atoms with Crippen LogP contribution in [0.25, 0.3) is 0 Å². The van der Waals surface area contributed by atoms with Gasteiger partial charge in [0, 0.05) is 32.1 Å². The summed E-state index contributed by atoms with van der Waals surface area (Å²) in [6.45, 7) is 5.23. The molecular formula is C12H21N5. The zero-order chi connectivity index (χ0) is 11.7. The molecule has 2 fully saturated rings. The third-order valence-corrected chi connectivity index (χ3v) is 3.88. The van der Waals surface area contributed by atoms with Crippen molar-refractivity contribution in [3.63, 3.8) is 0 Å². The first-order valence-electron chi connectivity index (χ1n) is 6.71. The van der Waals surface area contributed by atoms with Crippen molar-refractivity contribution < 1.29 is 0 Å². The highest BCUT2D eigenvalue weighted by Gasteiger charge is 2.22. The zero-order valence-corrected chi connectivity index (χ0v) is 10.4. The normalized spacial score (nSPS) is 25.9. The average molecular weight is 235 g/mol. The Bertz CT molecular complexity index is 371. The van der Waals surface area contributed by atoms with E-state index in [-0.39, 0.29) is 0 Å². The van der Waals surface area contributed by atoms with Gasteiger partial charge in [-0.3, -0.25) is 5.10 Å². The number of hydrogen-bond donors (Lipinski definition) is 2. The molecule has 17 heavy (non-hydrogen) atoms. The maximum absolute atomic E-state index is 4.62. The highest BCUT2D eigenvalue weighted by atomic mass is 15.4. The lowest BCUT2D eigenvalue weighted by atomic mass is 9.83. The SMILES string of the molecule is CC1CN(c2n[nH]c(CC3CCC3)n2)CCN1. The van der Waals surface area contributed by atoms with E-state index in [1.165, 1.54) is 19.3 Å². The molecule has 1 aliphatic carbocycles. The van der Waals surface area contributed by atoms with Crippen LogP contribution in [-0.2, 0) is 6.42 Å². The van der Waals surface area contributed by atoms with Crippen molar-refractivity contribution in [2.45, 2.75) is 38.6 Å². The van der Waals surface area contributed by atoms with Crippen molar-refractivity contribution in [2.75, 3.05) is 24.5 Å². The highest BCUT2D eigenvalue weighted by Crippen LogP contribution is 2.29. The monoisotopic (exact) mass is 235 g/mol. The summed E-state index contributed by atoms with van der Waals surface area (Å²) < 4.78 is 0. The van der Waals surface area contributed by atoms with Crippen LogP contribution in [0.2, 0.25) is 0 Å². The Hall–Kier alpha value is -1.10. The predicted octanol–water partition coefficient (Wildman–Crippen LogP) is 0.945. The fourth-order valence-electron chi connectivity index (χ4n) is 2.60. The Morgan fingerprint density at radius 3 is 3.00 bits per heavy atom. The van der Waals surface area contributed by atoms with Crippen molar-refractivity contribution in [3.8, 4) is 0 Å². The lowest BCUT2D eigenvalue weighted by Gasteiger charge is -2.30. The molecule has 2 heterocycles. The van der Waals surface area contributed by atoms with Crippen LogP contribution < -0.4 is 10.2 Å². The van der Waals surface area contributed by atoms with E-state index in [0.717, 1.165) is 43.7 Å². The van der Waals surface area contributed by atoms with Gasteiger partial charge in [-0.05, 0) is 12.8 Å². The molecule has 1 aromatic heterocycles. The Balaban J connectivity index is 1.62. The summed E-state index contributed by atoms with van der Waals surface area (Å²) in [7, 11) is 0. The maximum Gasteiger partial charge on any atom is 0.244 e. The van der Waals surface area contributed by atoms with Crippen molar-refractivity contribution in [1.29, 1.82) is 0 Å². The summed E-state index contributed by atoms with van der Waals surface area (Å²) in [4.78, 5) is 6.89. The number of anilines is 1. The molecule has 0 spiro atoms. The Morgan fingerprint density at radius 2 is 2.29 bits per heavy atom. The molecule has 3 rings (SSSR count). The number of aromatic amines is 1. The molecule has 1 saturated heterocycles. The van der Waals surface area contributed by atoms with E-state index < -0.39 is 0 Å². The number of nitrogens with zero attached hydrogens (tertiary/aromatic N) is 3. The van der Waals surface area contributed by atoms with E-state index in [4.69, 9.17) is 0 Å². The maximum atomic E-state index is 4.62. The summed E-state index contributed by atoms with van der Waals surface area (Å²) in [5.74, 6) is 2.79. The molecule has 1 aliphatic heterocycles. The standard InChI is InChI=1S/C12H21N5/c1-9-8-17(6-5-13-9)12-14-11(15-16-12)7-10-3-2-4-10/h9-10,13H,2-8H2,1H3,(H,14,15,16). The van der Waals surface area contributed by atoms with Crippen LogP contribution in [0.1, 0.15) is 32.0 Å². The second kappa shape index (κ2) is 4.64. The largest absolute Gasteiger partial charge is 0.337 e. The molecule has 5 heteroatoms. The molecular weight excluding hydrogens is 214 g/mol. The Kier molecular flexibility index (Phi) is 3.01. The van der Waals surface area contributed by atoms with Gasteiger partial charge in [-0.2, -0.15) is 4.98 Å². The van der Waals surface area contributed by atoms with Crippen molar-refractivity contribution in [1.82, 2.24) is 20.5 Å². The first kappa shape index (κ1) is 11.0. The predicted molar refractivity (Wildman–Crippen MR) is 67.1 cm³/mol. The Morgan fingerprint density at radius 1 is 1.41 bits per heavy atom. The quantitative estimate of drug-likeness (QED) is 0.819. The molecule has 0 radical (unpaired) electrons. The number of hydrogen-bond acceptors (Lipinski definition) is 4. The van der Waals surface area contributed by atoms with Crippen LogP contribution in [0, 0.1) is 5.92 Å². The molecule has 1 atom stereocenters. The van der Waals surface area contributed by atoms with Gasteiger partial charge in [-0.1, -0.05) is 19.3 Å². The second-order valence-electron chi connectivity index (χ2n) is 5.38. The van der Waals surface area contributed by atoms with Gasteiger partial charge in [0.15, 0.2) is 0 Å². The smallest absolute Gasteiger partial charge is 0.244 e. The molecule has 5 nitrogen and oxygen atoms in total. The average Bonchev–Trinajstić information content (AvgIpc) is 2.72. The van der Waals surface area contributed by atoms with Gasteiger partial charge < -0.3 is 10.2 Å². The summed E-state index contributed by atoms with van der Waals surface area (Å²) >= 11 is 0. The van der Waals surface area contributed by atoms with E-state index in [9.17, 15) is 0 Å². The molecule has 0 amide bonds. The minimum atomic E-state index is 0.525. The van der Waals surface area contributed by atoms with Gasteiger partial charge in [0.1, 0.15) is 5.82 Å². The minimum Gasteiger partial charge on any atom is -0.337 e. The number of piperazine rings is 1. The number of nitrogens with one attached hydrogen (secondary N) is 2. The van der Waals surface area contributed by atoms with E-state index in [0.29, 0.717) is 6.04 Å². The van der Waals surface area contributed by atoms with E-state index in [1.807, 2.05) is 0 Å². The first-order chi connectivity index (χ1) is 8.31. The van der Waals surface area contributed by atoms with E-state index in [1.54, 1.807) is 0 Å². The Labute approximate surface area is 102 Å². The van der Waals surface area contributed by atoms with Crippen molar-refractivity contribution in [2.24, 2.45) is 5.92 Å². The number of aromatic nitrogens is 3. The van der Waals surface area contributed by atoms with Crippen LogP contribution >= 0.6 is 0 Å². The fourth-order valence-corrected chi connectivity index (χ4v) is 2.60. The van der Waals surface area contributed by atoms with Gasteiger partial charge in [0.25, 0.3) is 0 Å². The molecule has 0 aromatic carbocycles. The molecule has 1 aromatic rings. The van der Waals surface area contributed by atoms with Crippen LogP contribution in [0.5, 0.6) is 0 Å². The van der Waals surface area contributed by atoms with Crippen LogP contribution in [0.4, 0.5) is 5.95 Å². The van der Waals surface area contributed by atoms with Gasteiger partial charge in [-0.15, -0.1) is 5.10 Å². The molecule has 2 N–H and O–H groups in total. The van der Waals surface area contributed by atoms with Gasteiger partial charge in [0.05, 0.1) is 0 Å². The summed E-state index contributed by atoms with van der Waals surface area (Å²) in [6, 6.07) is 0.525. The van der Waals surface area contributed by atoms with Gasteiger partial charge in [-0.25, -0.2) is 0 Å². The lowest BCUT2D eigenvalue weighted by Crippen LogP contribution is -2.49. The summed E-state index contributed by atoms with van der Waals surface area (Å²) in [6.07, 6.45) is 5.19. The van der Waals surface area contributed by atoms with Crippen LogP contribution in [0.15, 0.2) is 0 Å². The lowest BCUT2D eigenvalue weighted by molar-refractivity contribution is 0.309. The second-order valence-corrected chi connectivity index (χ2v) is 5.38. The molecule has 94 valence electrons. The van der Waals surface area contributed by atoms with Crippen LogP contribution in [-0.4, -0.2) is 40.9 Å². The summed E-state index contributed by atoms with van der Waals surface area (Å²) in [5.41, 5.74) is 0.